The van der Waals surface area contributed by atoms with Gasteiger partial charge in [0.15, 0.2) is 5.78 Å². The molecule has 3 rings (SSSR count). The lowest BCUT2D eigenvalue weighted by atomic mass is 10.1. The summed E-state index contributed by atoms with van der Waals surface area (Å²) < 4.78 is 11.4. The summed E-state index contributed by atoms with van der Waals surface area (Å²) in [6, 6.07) is 11.8. The highest BCUT2D eigenvalue weighted by molar-refractivity contribution is 7.21. The molecular weight excluding hydrogens is 348 g/mol. The number of ketones is 1. The topological polar surface area (TPSA) is 52.6 Å². The summed E-state index contributed by atoms with van der Waals surface area (Å²) in [5.74, 6) is 0.447. The molecule has 0 saturated heterocycles. The second-order valence-corrected chi connectivity index (χ2v) is 6.51. The molecule has 0 N–H and O–H groups in total. The van der Waals surface area contributed by atoms with Crippen molar-refractivity contribution in [1.29, 1.82) is 0 Å². The van der Waals surface area contributed by atoms with Crippen LogP contribution in [0, 0.1) is 0 Å². The average Bonchev–Trinajstić information content (AvgIpc) is 2.91. The highest BCUT2D eigenvalue weighted by Gasteiger charge is 2.19. The summed E-state index contributed by atoms with van der Waals surface area (Å²) in [7, 11) is 1.57. The Morgan fingerprint density at radius 3 is 2.33 bits per heavy atom. The van der Waals surface area contributed by atoms with Crippen molar-refractivity contribution in [2.75, 3.05) is 7.11 Å². The number of methoxy groups -OCH3 is 1. The molecule has 0 atom stereocenters. The Bertz CT molecular complexity index is 928. The van der Waals surface area contributed by atoms with Crippen LogP contribution in [0.15, 0.2) is 42.5 Å². The van der Waals surface area contributed by atoms with Gasteiger partial charge in [-0.05, 0) is 49.4 Å². The Balaban J connectivity index is 1.88. The van der Waals surface area contributed by atoms with Gasteiger partial charge in [-0.3, -0.25) is 4.79 Å². The van der Waals surface area contributed by atoms with Gasteiger partial charge in [0.05, 0.1) is 12.1 Å². The summed E-state index contributed by atoms with van der Waals surface area (Å²) in [5.41, 5.74) is 0.557. The van der Waals surface area contributed by atoms with E-state index in [-0.39, 0.29) is 5.78 Å². The maximum Gasteiger partial charge on any atom is 0.355 e. The van der Waals surface area contributed by atoms with Crippen LogP contribution in [0.25, 0.3) is 10.1 Å². The lowest BCUT2D eigenvalue weighted by Crippen LogP contribution is -2.07. The van der Waals surface area contributed by atoms with Crippen molar-refractivity contribution in [2.24, 2.45) is 0 Å². The summed E-state index contributed by atoms with van der Waals surface area (Å²) in [6.45, 7) is 1.48. The zero-order valence-electron chi connectivity index (χ0n) is 13.0. The molecule has 6 heteroatoms. The van der Waals surface area contributed by atoms with Gasteiger partial charge in [0, 0.05) is 15.6 Å². The Kier molecular flexibility index (Phi) is 4.55. The first-order chi connectivity index (χ1) is 11.5. The summed E-state index contributed by atoms with van der Waals surface area (Å²) >= 11 is 7.59. The van der Waals surface area contributed by atoms with Crippen molar-refractivity contribution in [3.05, 3.63) is 57.9 Å². The fraction of sp³-hybridized carbons (Fsp3) is 0.111. The SMILES string of the molecule is COc1ccc2sc(C(=O)Oc3ccc(C(C)=O)cc3)c(Cl)c2c1. The summed E-state index contributed by atoms with van der Waals surface area (Å²) in [6.07, 6.45) is 0. The van der Waals surface area contributed by atoms with Crippen LogP contribution >= 0.6 is 22.9 Å². The standard InChI is InChI=1S/C18H13ClO4S/c1-10(20)11-3-5-12(6-4-11)23-18(21)17-16(19)14-9-13(22-2)7-8-15(14)24-17/h3-9H,1-2H3. The number of thiophene rings is 1. The van der Waals surface area contributed by atoms with E-state index in [2.05, 4.69) is 0 Å². The Labute approximate surface area is 147 Å². The molecule has 1 aromatic heterocycles. The van der Waals surface area contributed by atoms with Gasteiger partial charge in [0.25, 0.3) is 0 Å². The normalized spacial score (nSPS) is 10.6. The number of rotatable bonds is 4. The van der Waals surface area contributed by atoms with E-state index in [0.717, 1.165) is 10.1 Å². The molecule has 4 nitrogen and oxygen atoms in total. The number of carbonyl (C=O) groups excluding carboxylic acids is 2. The molecule has 0 amide bonds. The maximum atomic E-state index is 12.4. The number of carbonyl (C=O) groups is 2. The molecule has 0 aliphatic rings. The van der Waals surface area contributed by atoms with Gasteiger partial charge in [-0.2, -0.15) is 0 Å². The maximum absolute atomic E-state index is 12.4. The van der Waals surface area contributed by atoms with Gasteiger partial charge < -0.3 is 9.47 Å². The smallest absolute Gasteiger partial charge is 0.355 e. The van der Waals surface area contributed by atoms with Gasteiger partial charge in [0.1, 0.15) is 16.4 Å². The number of hydrogen-bond acceptors (Lipinski definition) is 5. The third-order valence-corrected chi connectivity index (χ3v) is 5.15. The van der Waals surface area contributed by atoms with Crippen molar-refractivity contribution in [3.8, 4) is 11.5 Å². The molecule has 0 bridgehead atoms. The minimum absolute atomic E-state index is 0.0469. The molecule has 1 heterocycles. The highest BCUT2D eigenvalue weighted by atomic mass is 35.5. The number of halogens is 1. The molecule has 0 saturated carbocycles. The lowest BCUT2D eigenvalue weighted by molar-refractivity contribution is 0.0740. The van der Waals surface area contributed by atoms with Crippen molar-refractivity contribution < 1.29 is 19.1 Å². The number of benzene rings is 2. The van der Waals surface area contributed by atoms with E-state index < -0.39 is 5.97 Å². The molecule has 3 aromatic rings. The Morgan fingerprint density at radius 1 is 1.04 bits per heavy atom. The van der Waals surface area contributed by atoms with E-state index in [1.165, 1.54) is 18.3 Å². The van der Waals surface area contributed by atoms with E-state index in [9.17, 15) is 9.59 Å². The molecular formula is C18H13ClO4S. The fourth-order valence-corrected chi connectivity index (χ4v) is 3.57. The first-order valence-corrected chi connectivity index (χ1v) is 8.28. The van der Waals surface area contributed by atoms with E-state index in [1.54, 1.807) is 37.4 Å². The average molecular weight is 361 g/mol. The second-order valence-electron chi connectivity index (χ2n) is 5.08. The molecule has 122 valence electrons. The molecule has 0 spiro atoms. The first-order valence-electron chi connectivity index (χ1n) is 7.09. The zero-order valence-corrected chi connectivity index (χ0v) is 14.5. The van der Waals surface area contributed by atoms with Crippen LogP contribution in [0.3, 0.4) is 0 Å². The third-order valence-electron chi connectivity index (χ3n) is 3.49. The van der Waals surface area contributed by atoms with Gasteiger partial charge >= 0.3 is 5.97 Å². The zero-order chi connectivity index (χ0) is 17.3. The van der Waals surface area contributed by atoms with Crippen LogP contribution in [0.2, 0.25) is 5.02 Å². The largest absolute Gasteiger partial charge is 0.497 e. The van der Waals surface area contributed by atoms with Crippen molar-refractivity contribution >= 4 is 44.8 Å². The minimum atomic E-state index is -0.532. The van der Waals surface area contributed by atoms with Gasteiger partial charge in [-0.25, -0.2) is 4.79 Å². The van der Waals surface area contributed by atoms with Gasteiger partial charge in [-0.15, -0.1) is 11.3 Å². The van der Waals surface area contributed by atoms with E-state index in [4.69, 9.17) is 21.1 Å². The predicted molar refractivity (Wildman–Crippen MR) is 94.8 cm³/mol. The molecule has 0 aliphatic heterocycles. The fourth-order valence-electron chi connectivity index (χ4n) is 2.22. The van der Waals surface area contributed by atoms with Crippen LogP contribution in [0.4, 0.5) is 0 Å². The molecule has 0 radical (unpaired) electrons. The number of hydrogen-bond donors (Lipinski definition) is 0. The van der Waals surface area contributed by atoms with Crippen LogP contribution in [0.1, 0.15) is 27.0 Å². The Hall–Kier alpha value is -2.37. The van der Waals surface area contributed by atoms with E-state index >= 15 is 0 Å². The van der Waals surface area contributed by atoms with Crippen molar-refractivity contribution in [1.82, 2.24) is 0 Å². The van der Waals surface area contributed by atoms with Gasteiger partial charge in [-0.1, -0.05) is 11.6 Å². The predicted octanol–water partition coefficient (Wildman–Crippen LogP) is 4.99. The van der Waals surface area contributed by atoms with Crippen molar-refractivity contribution in [2.45, 2.75) is 6.92 Å². The van der Waals surface area contributed by atoms with Crippen LogP contribution in [0.5, 0.6) is 11.5 Å². The molecule has 2 aromatic carbocycles. The van der Waals surface area contributed by atoms with Crippen LogP contribution in [-0.2, 0) is 0 Å². The number of Topliss-reactive ketones (excluding diaryl/α,β-unsaturated/α-hetero) is 1. The summed E-state index contributed by atoms with van der Waals surface area (Å²) in [4.78, 5) is 24.0. The summed E-state index contributed by atoms with van der Waals surface area (Å²) in [5, 5.41) is 1.10. The molecule has 0 aliphatic carbocycles. The first kappa shape index (κ1) is 16.5. The van der Waals surface area contributed by atoms with Crippen LogP contribution < -0.4 is 9.47 Å². The molecule has 24 heavy (non-hydrogen) atoms. The quantitative estimate of drug-likeness (QED) is 0.374. The number of ether oxygens (including phenoxy) is 2. The number of fused-ring (bicyclic) bond motifs is 1. The highest BCUT2D eigenvalue weighted by Crippen LogP contribution is 2.37. The number of esters is 1. The van der Waals surface area contributed by atoms with Gasteiger partial charge in [0.2, 0.25) is 0 Å². The lowest BCUT2D eigenvalue weighted by Gasteiger charge is -2.03. The van der Waals surface area contributed by atoms with E-state index in [1.807, 2.05) is 12.1 Å². The van der Waals surface area contributed by atoms with Crippen LogP contribution in [-0.4, -0.2) is 18.9 Å². The monoisotopic (exact) mass is 360 g/mol. The second kappa shape index (κ2) is 6.63. The van der Waals surface area contributed by atoms with Crippen molar-refractivity contribution in [3.63, 3.8) is 0 Å². The third kappa shape index (κ3) is 3.13. The Morgan fingerprint density at radius 2 is 1.71 bits per heavy atom. The molecule has 0 unspecified atom stereocenters. The van der Waals surface area contributed by atoms with E-state index in [0.29, 0.717) is 27.0 Å². The minimum Gasteiger partial charge on any atom is -0.497 e. The molecule has 0 fully saturated rings.